The Hall–Kier alpha value is -1.13. The zero-order valence-corrected chi connectivity index (χ0v) is 12.5. The number of hydrogen-bond donors (Lipinski definition) is 2. The second-order valence-electron chi connectivity index (χ2n) is 5.42. The number of amides is 1. The molecule has 1 aromatic rings. The molecule has 20 heavy (non-hydrogen) atoms. The predicted molar refractivity (Wildman–Crippen MR) is 80.2 cm³/mol. The Morgan fingerprint density at radius 2 is 2.20 bits per heavy atom. The maximum atomic E-state index is 13.1. The molecule has 1 aromatic carbocycles. The summed E-state index contributed by atoms with van der Waals surface area (Å²) < 4.78 is 13.1. The first-order chi connectivity index (χ1) is 9.10. The van der Waals surface area contributed by atoms with Gasteiger partial charge in [-0.05, 0) is 42.9 Å². The quantitative estimate of drug-likeness (QED) is 0.847. The van der Waals surface area contributed by atoms with Gasteiger partial charge in [0, 0.05) is 18.5 Å². The summed E-state index contributed by atoms with van der Waals surface area (Å²) >= 11 is 0. The van der Waals surface area contributed by atoms with Crippen LogP contribution < -0.4 is 11.1 Å². The number of carbonyl (C=O) groups excluding carboxylic acids is 1. The summed E-state index contributed by atoms with van der Waals surface area (Å²) in [5.74, 6) is 0.124. The summed E-state index contributed by atoms with van der Waals surface area (Å²) in [5.41, 5.74) is 6.52. The van der Waals surface area contributed by atoms with E-state index >= 15 is 0 Å². The maximum absolute atomic E-state index is 13.1. The van der Waals surface area contributed by atoms with Crippen molar-refractivity contribution < 1.29 is 9.18 Å². The van der Waals surface area contributed by atoms with Crippen molar-refractivity contribution >= 4 is 18.3 Å². The molecule has 0 aromatic heterocycles. The molecule has 2 atom stereocenters. The van der Waals surface area contributed by atoms with Gasteiger partial charge in [-0.3, -0.25) is 4.79 Å². The molecule has 2 unspecified atom stereocenters. The molecule has 112 valence electrons. The molecule has 0 radical (unpaired) electrons. The van der Waals surface area contributed by atoms with E-state index in [9.17, 15) is 9.18 Å². The van der Waals surface area contributed by atoms with Crippen LogP contribution in [0.1, 0.15) is 25.3 Å². The number of halogens is 2. The van der Waals surface area contributed by atoms with Gasteiger partial charge < -0.3 is 11.1 Å². The van der Waals surface area contributed by atoms with Crippen molar-refractivity contribution in [2.24, 2.45) is 17.6 Å². The van der Waals surface area contributed by atoms with E-state index < -0.39 is 0 Å². The number of rotatable bonds is 6. The molecule has 0 bridgehead atoms. The van der Waals surface area contributed by atoms with Crippen LogP contribution >= 0.6 is 12.4 Å². The Morgan fingerprint density at radius 3 is 2.75 bits per heavy atom. The molecule has 0 saturated heterocycles. The van der Waals surface area contributed by atoms with Gasteiger partial charge in [-0.15, -0.1) is 12.4 Å². The van der Waals surface area contributed by atoms with E-state index in [1.165, 1.54) is 12.1 Å². The topological polar surface area (TPSA) is 55.1 Å². The van der Waals surface area contributed by atoms with Crippen molar-refractivity contribution in [2.45, 2.75) is 32.2 Å². The Morgan fingerprint density at radius 1 is 1.50 bits per heavy atom. The Bertz CT molecular complexity index is 451. The van der Waals surface area contributed by atoms with Gasteiger partial charge in [0.25, 0.3) is 0 Å². The van der Waals surface area contributed by atoms with Crippen LogP contribution in [-0.4, -0.2) is 18.5 Å². The van der Waals surface area contributed by atoms with E-state index in [0.717, 1.165) is 18.4 Å². The fraction of sp³-hybridized carbons (Fsp3) is 0.533. The van der Waals surface area contributed by atoms with Crippen LogP contribution in [0.15, 0.2) is 24.3 Å². The largest absolute Gasteiger partial charge is 0.352 e. The summed E-state index contributed by atoms with van der Waals surface area (Å²) in [5, 5.41) is 3.01. The Kier molecular flexibility index (Phi) is 6.43. The first-order valence-corrected chi connectivity index (χ1v) is 6.85. The average molecular weight is 301 g/mol. The molecule has 1 fully saturated rings. The van der Waals surface area contributed by atoms with Gasteiger partial charge >= 0.3 is 0 Å². The average Bonchev–Trinajstić information content (AvgIpc) is 3.19. The fourth-order valence-corrected chi connectivity index (χ4v) is 2.30. The molecule has 1 aliphatic carbocycles. The van der Waals surface area contributed by atoms with E-state index in [1.54, 1.807) is 6.07 Å². The lowest BCUT2D eigenvalue weighted by Crippen LogP contribution is -2.44. The first kappa shape index (κ1) is 16.9. The minimum absolute atomic E-state index is 0. The van der Waals surface area contributed by atoms with Gasteiger partial charge in [-0.25, -0.2) is 4.39 Å². The molecule has 1 saturated carbocycles. The molecular weight excluding hydrogens is 279 g/mol. The zero-order chi connectivity index (χ0) is 13.8. The van der Waals surface area contributed by atoms with Crippen LogP contribution in [0.5, 0.6) is 0 Å². The summed E-state index contributed by atoms with van der Waals surface area (Å²) in [6.45, 7) is 2.35. The summed E-state index contributed by atoms with van der Waals surface area (Å²) in [4.78, 5) is 12.1. The van der Waals surface area contributed by atoms with Gasteiger partial charge in [0.05, 0.1) is 0 Å². The van der Waals surface area contributed by atoms with E-state index in [4.69, 9.17) is 5.73 Å². The SMILES string of the molecule is CC(Cc1cccc(F)c1)C(=O)NC(CN)C1CC1.Cl. The highest BCUT2D eigenvalue weighted by Gasteiger charge is 2.32. The highest BCUT2D eigenvalue weighted by atomic mass is 35.5. The van der Waals surface area contributed by atoms with Crippen molar-refractivity contribution in [3.8, 4) is 0 Å². The monoisotopic (exact) mass is 300 g/mol. The molecule has 2 rings (SSSR count). The number of nitrogens with one attached hydrogen (secondary N) is 1. The van der Waals surface area contributed by atoms with E-state index in [1.807, 2.05) is 13.0 Å². The molecule has 1 amide bonds. The van der Waals surface area contributed by atoms with E-state index in [-0.39, 0.29) is 36.1 Å². The smallest absolute Gasteiger partial charge is 0.223 e. The molecule has 0 aliphatic heterocycles. The Balaban J connectivity index is 0.00000200. The fourth-order valence-electron chi connectivity index (χ4n) is 2.30. The second-order valence-corrected chi connectivity index (χ2v) is 5.42. The van der Waals surface area contributed by atoms with Gasteiger partial charge in [-0.2, -0.15) is 0 Å². The van der Waals surface area contributed by atoms with Gasteiger partial charge in [0.2, 0.25) is 5.91 Å². The number of benzene rings is 1. The number of nitrogens with two attached hydrogens (primary N) is 1. The van der Waals surface area contributed by atoms with Gasteiger partial charge in [0.1, 0.15) is 5.82 Å². The third kappa shape index (κ3) is 4.76. The standard InChI is InChI=1S/C15H21FN2O.ClH/c1-10(7-11-3-2-4-13(16)8-11)15(19)18-14(9-17)12-5-6-12;/h2-4,8,10,12,14H,5-7,9,17H2,1H3,(H,18,19);1H. The highest BCUT2D eigenvalue weighted by Crippen LogP contribution is 2.32. The van der Waals surface area contributed by atoms with Crippen LogP contribution in [0.25, 0.3) is 0 Å². The van der Waals surface area contributed by atoms with Crippen molar-refractivity contribution in [1.82, 2.24) is 5.32 Å². The molecule has 3 nitrogen and oxygen atoms in total. The van der Waals surface area contributed by atoms with Gasteiger partial charge in [-0.1, -0.05) is 19.1 Å². The molecule has 0 heterocycles. The lowest BCUT2D eigenvalue weighted by molar-refractivity contribution is -0.125. The summed E-state index contributed by atoms with van der Waals surface area (Å²) in [6.07, 6.45) is 2.85. The van der Waals surface area contributed by atoms with Crippen molar-refractivity contribution in [3.63, 3.8) is 0 Å². The first-order valence-electron chi connectivity index (χ1n) is 6.85. The third-order valence-corrected chi connectivity index (χ3v) is 3.65. The third-order valence-electron chi connectivity index (χ3n) is 3.65. The van der Waals surface area contributed by atoms with E-state index in [0.29, 0.717) is 18.9 Å². The number of hydrogen-bond acceptors (Lipinski definition) is 2. The predicted octanol–water partition coefficient (Wildman–Crippen LogP) is 2.28. The summed E-state index contributed by atoms with van der Waals surface area (Å²) in [7, 11) is 0. The summed E-state index contributed by atoms with van der Waals surface area (Å²) in [6, 6.07) is 6.50. The van der Waals surface area contributed by atoms with E-state index in [2.05, 4.69) is 5.32 Å². The molecule has 0 spiro atoms. The lowest BCUT2D eigenvalue weighted by Gasteiger charge is -2.19. The number of carbonyl (C=O) groups is 1. The van der Waals surface area contributed by atoms with Crippen LogP contribution in [0.3, 0.4) is 0 Å². The van der Waals surface area contributed by atoms with Crippen LogP contribution in [0, 0.1) is 17.7 Å². The normalized spacial score (nSPS) is 16.9. The molecular formula is C15H22ClFN2O. The minimum Gasteiger partial charge on any atom is -0.352 e. The van der Waals surface area contributed by atoms with Crippen molar-refractivity contribution in [2.75, 3.05) is 6.54 Å². The highest BCUT2D eigenvalue weighted by molar-refractivity contribution is 5.85. The molecule has 3 N–H and O–H groups in total. The lowest BCUT2D eigenvalue weighted by atomic mass is 9.99. The Labute approximate surface area is 125 Å². The van der Waals surface area contributed by atoms with Crippen LogP contribution in [-0.2, 0) is 11.2 Å². The second kappa shape index (κ2) is 7.60. The zero-order valence-electron chi connectivity index (χ0n) is 11.6. The van der Waals surface area contributed by atoms with Crippen LogP contribution in [0.2, 0.25) is 0 Å². The van der Waals surface area contributed by atoms with Crippen LogP contribution in [0.4, 0.5) is 4.39 Å². The van der Waals surface area contributed by atoms with Crippen molar-refractivity contribution in [3.05, 3.63) is 35.6 Å². The minimum atomic E-state index is -0.261. The van der Waals surface area contributed by atoms with Gasteiger partial charge in [0.15, 0.2) is 0 Å². The maximum Gasteiger partial charge on any atom is 0.223 e. The van der Waals surface area contributed by atoms with Crippen molar-refractivity contribution in [1.29, 1.82) is 0 Å². The molecule has 1 aliphatic rings. The molecule has 5 heteroatoms.